The Morgan fingerprint density at radius 1 is 1.05 bits per heavy atom. The number of hydrogen-bond acceptors (Lipinski definition) is 5. The number of ether oxygens (including phenoxy) is 1. The van der Waals surface area contributed by atoms with Gasteiger partial charge in [-0.05, 0) is 54.8 Å². The van der Waals surface area contributed by atoms with Crippen LogP contribution in [-0.2, 0) is 11.2 Å². The van der Waals surface area contributed by atoms with Crippen molar-refractivity contribution in [2.75, 3.05) is 6.54 Å². The maximum atomic E-state index is 12.9. The van der Waals surface area contributed by atoms with Crippen LogP contribution in [0.1, 0.15) is 27.0 Å². The number of halogens is 3. The Balaban J connectivity index is 1.40. The summed E-state index contributed by atoms with van der Waals surface area (Å²) < 4.78 is 4.41. The Hall–Kier alpha value is -2.55. The van der Waals surface area contributed by atoms with Gasteiger partial charge in [0, 0.05) is 12.1 Å². The molecule has 3 aromatic carbocycles. The van der Waals surface area contributed by atoms with E-state index in [9.17, 15) is 9.59 Å². The van der Waals surface area contributed by atoms with E-state index in [4.69, 9.17) is 51.8 Å². The van der Waals surface area contributed by atoms with Crippen LogP contribution in [0.4, 0.5) is 0 Å². The second-order valence-corrected chi connectivity index (χ2v) is 12.6. The molecule has 1 saturated heterocycles. The minimum Gasteiger partial charge on any atom is -0.466 e. The van der Waals surface area contributed by atoms with Gasteiger partial charge in [0.25, 0.3) is 11.8 Å². The first kappa shape index (κ1) is 28.5. The third-order valence-corrected chi connectivity index (χ3v) is 7.62. The second kappa shape index (κ2) is 12.5. The number of aryl methyl sites for hydroxylation is 1. The van der Waals surface area contributed by atoms with Crippen molar-refractivity contribution in [1.82, 2.24) is 10.2 Å². The van der Waals surface area contributed by atoms with Crippen LogP contribution in [0, 0.1) is 6.92 Å². The van der Waals surface area contributed by atoms with Crippen molar-refractivity contribution >= 4 is 81.0 Å². The van der Waals surface area contributed by atoms with Crippen LogP contribution in [0.15, 0.2) is 83.8 Å². The SMILES string of the molecule is Cc1ccc(C(=O)N[C@H](Oc2ccc(/C=C3\SC(=S)N(CCc4ccccc4)C3=O)cc2)C(Cl)(Cl)Cl)cc1. The molecule has 196 valence electrons. The minimum absolute atomic E-state index is 0.119. The molecule has 1 atom stereocenters. The zero-order chi connectivity index (χ0) is 27.3. The zero-order valence-electron chi connectivity index (χ0n) is 20.2. The molecule has 1 fully saturated rings. The summed E-state index contributed by atoms with van der Waals surface area (Å²) in [4.78, 5) is 27.7. The highest BCUT2D eigenvalue weighted by atomic mass is 35.6. The zero-order valence-corrected chi connectivity index (χ0v) is 24.1. The first-order valence-corrected chi connectivity index (χ1v) is 14.0. The molecular formula is C28H23Cl3N2O3S2. The van der Waals surface area contributed by atoms with Gasteiger partial charge in [0.2, 0.25) is 10.0 Å². The molecule has 1 heterocycles. The summed E-state index contributed by atoms with van der Waals surface area (Å²) >= 11 is 25.0. The van der Waals surface area contributed by atoms with Crippen LogP contribution in [0.5, 0.6) is 5.75 Å². The van der Waals surface area contributed by atoms with Crippen molar-refractivity contribution in [3.05, 3.63) is 106 Å². The van der Waals surface area contributed by atoms with Crippen molar-refractivity contribution < 1.29 is 14.3 Å². The molecule has 0 aromatic heterocycles. The highest BCUT2D eigenvalue weighted by molar-refractivity contribution is 8.26. The molecule has 0 aliphatic carbocycles. The number of nitrogens with zero attached hydrogens (tertiary/aromatic N) is 1. The lowest BCUT2D eigenvalue weighted by Crippen LogP contribution is -2.47. The smallest absolute Gasteiger partial charge is 0.266 e. The van der Waals surface area contributed by atoms with E-state index in [1.807, 2.05) is 49.4 Å². The largest absolute Gasteiger partial charge is 0.466 e. The minimum atomic E-state index is -1.92. The van der Waals surface area contributed by atoms with Crippen LogP contribution in [0.25, 0.3) is 6.08 Å². The van der Waals surface area contributed by atoms with Crippen molar-refractivity contribution in [1.29, 1.82) is 0 Å². The van der Waals surface area contributed by atoms with E-state index in [1.54, 1.807) is 47.4 Å². The number of carbonyl (C=O) groups is 2. The topological polar surface area (TPSA) is 58.6 Å². The van der Waals surface area contributed by atoms with E-state index in [2.05, 4.69) is 5.32 Å². The van der Waals surface area contributed by atoms with Gasteiger partial charge in [0.15, 0.2) is 0 Å². The Morgan fingerprint density at radius 2 is 1.71 bits per heavy atom. The van der Waals surface area contributed by atoms with E-state index in [1.165, 1.54) is 11.8 Å². The first-order chi connectivity index (χ1) is 18.1. The molecule has 5 nitrogen and oxygen atoms in total. The Kier molecular flexibility index (Phi) is 9.39. The summed E-state index contributed by atoms with van der Waals surface area (Å²) in [6, 6.07) is 23.8. The van der Waals surface area contributed by atoms with Crippen molar-refractivity contribution in [2.45, 2.75) is 23.4 Å². The molecule has 0 unspecified atom stereocenters. The Bertz CT molecular complexity index is 1340. The van der Waals surface area contributed by atoms with E-state index in [0.717, 1.165) is 23.1 Å². The number of amides is 2. The Labute approximate surface area is 246 Å². The highest BCUT2D eigenvalue weighted by Crippen LogP contribution is 2.34. The van der Waals surface area contributed by atoms with Crippen molar-refractivity contribution in [3.63, 3.8) is 0 Å². The number of nitrogens with one attached hydrogen (secondary N) is 1. The van der Waals surface area contributed by atoms with Crippen LogP contribution >= 0.6 is 58.8 Å². The van der Waals surface area contributed by atoms with Gasteiger partial charge < -0.3 is 10.1 Å². The van der Waals surface area contributed by atoms with E-state index in [0.29, 0.717) is 27.1 Å². The van der Waals surface area contributed by atoms with Crippen molar-refractivity contribution in [3.8, 4) is 5.75 Å². The monoisotopic (exact) mass is 604 g/mol. The fourth-order valence-electron chi connectivity index (χ4n) is 3.59. The maximum absolute atomic E-state index is 12.9. The molecule has 4 rings (SSSR count). The number of rotatable bonds is 8. The number of thioether (sulfide) groups is 1. The molecule has 2 amide bonds. The number of benzene rings is 3. The lowest BCUT2D eigenvalue weighted by Gasteiger charge is -2.26. The number of hydrogen-bond donors (Lipinski definition) is 1. The quantitative estimate of drug-likeness (QED) is 0.130. The molecule has 0 spiro atoms. The maximum Gasteiger partial charge on any atom is 0.266 e. The van der Waals surface area contributed by atoms with Gasteiger partial charge in [0.05, 0.1) is 4.91 Å². The normalized spacial score (nSPS) is 15.6. The fraction of sp³-hybridized carbons (Fsp3) is 0.179. The molecule has 38 heavy (non-hydrogen) atoms. The lowest BCUT2D eigenvalue weighted by molar-refractivity contribution is -0.122. The molecule has 1 aliphatic heterocycles. The molecule has 1 N–H and O–H groups in total. The summed E-state index contributed by atoms with van der Waals surface area (Å²) in [7, 11) is 0. The Morgan fingerprint density at radius 3 is 2.34 bits per heavy atom. The van der Waals surface area contributed by atoms with Crippen LogP contribution in [-0.4, -0.2) is 37.6 Å². The van der Waals surface area contributed by atoms with Crippen LogP contribution < -0.4 is 10.1 Å². The predicted molar refractivity (Wildman–Crippen MR) is 160 cm³/mol. The van der Waals surface area contributed by atoms with Crippen LogP contribution in [0.3, 0.4) is 0 Å². The molecule has 0 radical (unpaired) electrons. The van der Waals surface area contributed by atoms with Gasteiger partial charge in [0.1, 0.15) is 10.1 Å². The van der Waals surface area contributed by atoms with E-state index in [-0.39, 0.29) is 5.91 Å². The fourth-order valence-corrected chi connectivity index (χ4v) is 5.20. The summed E-state index contributed by atoms with van der Waals surface area (Å²) in [6.45, 7) is 2.44. The number of alkyl halides is 3. The van der Waals surface area contributed by atoms with E-state index >= 15 is 0 Å². The predicted octanol–water partition coefficient (Wildman–Crippen LogP) is 6.94. The molecule has 0 saturated carbocycles. The van der Waals surface area contributed by atoms with Crippen LogP contribution in [0.2, 0.25) is 0 Å². The van der Waals surface area contributed by atoms with Gasteiger partial charge in [-0.25, -0.2) is 0 Å². The summed E-state index contributed by atoms with van der Waals surface area (Å²) in [5, 5.41) is 2.62. The average molecular weight is 606 g/mol. The van der Waals surface area contributed by atoms with Gasteiger partial charge in [-0.15, -0.1) is 0 Å². The van der Waals surface area contributed by atoms with E-state index < -0.39 is 15.9 Å². The summed E-state index contributed by atoms with van der Waals surface area (Å²) in [5.74, 6) is -0.184. The molecule has 1 aliphatic rings. The highest BCUT2D eigenvalue weighted by Gasteiger charge is 2.36. The molecule has 10 heteroatoms. The standard InChI is InChI=1S/C28H23Cl3N2O3S2/c1-18-7-11-21(12-8-18)24(34)32-26(28(29,30)31)36-22-13-9-20(10-14-22)17-23-25(35)33(27(37)38-23)16-15-19-5-3-2-4-6-19/h2-14,17,26H,15-16H2,1H3,(H,32,34)/b23-17-/t26-/m1/s1. The second-order valence-electron chi connectivity index (χ2n) is 8.52. The van der Waals surface area contributed by atoms with Crippen molar-refractivity contribution in [2.24, 2.45) is 0 Å². The number of carbonyl (C=O) groups excluding carboxylic acids is 2. The first-order valence-electron chi connectivity index (χ1n) is 11.6. The van der Waals surface area contributed by atoms with Gasteiger partial charge in [-0.1, -0.05) is 119 Å². The van der Waals surface area contributed by atoms with Gasteiger partial charge in [-0.3, -0.25) is 14.5 Å². The summed E-state index contributed by atoms with van der Waals surface area (Å²) in [6.07, 6.45) is 1.25. The molecular weight excluding hydrogens is 583 g/mol. The molecule has 0 bridgehead atoms. The summed E-state index contributed by atoms with van der Waals surface area (Å²) in [5.41, 5.74) is 3.35. The van der Waals surface area contributed by atoms with Gasteiger partial charge >= 0.3 is 0 Å². The third-order valence-electron chi connectivity index (χ3n) is 5.65. The van der Waals surface area contributed by atoms with Gasteiger partial charge in [-0.2, -0.15) is 0 Å². The number of thiocarbonyl (C=S) groups is 1. The third kappa shape index (κ3) is 7.52. The molecule has 3 aromatic rings. The lowest BCUT2D eigenvalue weighted by atomic mass is 10.1. The average Bonchev–Trinajstić information content (AvgIpc) is 3.15.